The fourth-order valence-corrected chi connectivity index (χ4v) is 3.22. The van der Waals surface area contributed by atoms with Crippen molar-refractivity contribution in [3.63, 3.8) is 0 Å². The summed E-state index contributed by atoms with van der Waals surface area (Å²) in [4.78, 5) is 12.1. The van der Waals surface area contributed by atoms with Crippen molar-refractivity contribution >= 4 is 23.6 Å². The van der Waals surface area contributed by atoms with Crippen LogP contribution < -0.4 is 5.32 Å². The van der Waals surface area contributed by atoms with Crippen LogP contribution in [-0.2, 0) is 4.79 Å². The Morgan fingerprint density at radius 2 is 2.16 bits per heavy atom. The van der Waals surface area contributed by atoms with Gasteiger partial charge in [-0.15, -0.1) is 10.2 Å². The quantitative estimate of drug-likeness (QED) is 0.683. The minimum atomic E-state index is -0.165. The number of carbonyl (C=O) groups is 1. The number of nitrogens with zero attached hydrogens (tertiary/aromatic N) is 4. The molecule has 7 nitrogen and oxygen atoms in total. The van der Waals surface area contributed by atoms with Crippen molar-refractivity contribution in [3.05, 3.63) is 42.2 Å². The van der Waals surface area contributed by atoms with Crippen LogP contribution in [0.25, 0.3) is 11.3 Å². The number of nitrogens with one attached hydrogen (secondary N) is 1. The maximum atomic E-state index is 12.1. The summed E-state index contributed by atoms with van der Waals surface area (Å²) in [7, 11) is 0. The van der Waals surface area contributed by atoms with E-state index in [9.17, 15) is 4.79 Å². The highest BCUT2D eigenvalue weighted by atomic mass is 32.2. The third kappa shape index (κ3) is 3.74. The first-order valence-corrected chi connectivity index (χ1v) is 9.03. The van der Waals surface area contributed by atoms with Gasteiger partial charge in [0.1, 0.15) is 12.0 Å². The van der Waals surface area contributed by atoms with Crippen molar-refractivity contribution in [1.82, 2.24) is 19.9 Å². The zero-order valence-electron chi connectivity index (χ0n) is 13.7. The largest absolute Gasteiger partial charge is 0.338 e. The highest BCUT2D eigenvalue weighted by Crippen LogP contribution is 2.37. The van der Waals surface area contributed by atoms with E-state index in [2.05, 4.69) is 20.7 Å². The summed E-state index contributed by atoms with van der Waals surface area (Å²) >= 11 is 1.37. The molecule has 8 heteroatoms. The Bertz CT molecular complexity index is 883. The number of thioether (sulfide) groups is 1. The van der Waals surface area contributed by atoms with Crippen LogP contribution in [0.2, 0.25) is 0 Å². The Morgan fingerprint density at radius 3 is 2.92 bits per heavy atom. The molecule has 0 spiro atoms. The van der Waals surface area contributed by atoms with Gasteiger partial charge in [-0.2, -0.15) is 0 Å². The fraction of sp³-hybridized carbons (Fsp3) is 0.294. The van der Waals surface area contributed by atoms with Crippen LogP contribution in [-0.4, -0.2) is 31.6 Å². The van der Waals surface area contributed by atoms with Gasteiger partial charge in [0.2, 0.25) is 11.8 Å². The van der Waals surface area contributed by atoms with Crippen molar-refractivity contribution in [2.24, 2.45) is 0 Å². The van der Waals surface area contributed by atoms with Crippen LogP contribution >= 0.6 is 11.8 Å². The van der Waals surface area contributed by atoms with Crippen LogP contribution in [0.4, 0.5) is 5.88 Å². The second-order valence-electron chi connectivity index (χ2n) is 6.03. The van der Waals surface area contributed by atoms with Gasteiger partial charge in [0.25, 0.3) is 0 Å². The van der Waals surface area contributed by atoms with E-state index in [-0.39, 0.29) is 11.7 Å². The Balaban J connectivity index is 1.35. The van der Waals surface area contributed by atoms with Gasteiger partial charge < -0.3 is 9.09 Å². The molecular weight excluding hydrogens is 338 g/mol. The second kappa shape index (κ2) is 6.72. The normalized spacial score (nSPS) is 13.8. The minimum absolute atomic E-state index is 0.165. The Hall–Kier alpha value is -2.61. The monoisotopic (exact) mass is 355 g/mol. The van der Waals surface area contributed by atoms with Gasteiger partial charge in [-0.05, 0) is 19.8 Å². The molecule has 128 valence electrons. The number of amides is 1. The number of rotatable bonds is 6. The van der Waals surface area contributed by atoms with E-state index in [4.69, 9.17) is 4.52 Å². The third-order valence-corrected chi connectivity index (χ3v) is 4.89. The highest BCUT2D eigenvalue weighted by molar-refractivity contribution is 7.99. The van der Waals surface area contributed by atoms with Gasteiger partial charge in [0, 0.05) is 17.7 Å². The lowest BCUT2D eigenvalue weighted by Crippen LogP contribution is -2.14. The predicted molar refractivity (Wildman–Crippen MR) is 94.3 cm³/mol. The molecule has 1 aliphatic rings. The molecule has 1 amide bonds. The lowest BCUT2D eigenvalue weighted by atomic mass is 10.1. The van der Waals surface area contributed by atoms with Crippen LogP contribution in [0.15, 0.2) is 46.3 Å². The molecule has 0 unspecified atom stereocenters. The predicted octanol–water partition coefficient (Wildman–Crippen LogP) is 3.31. The summed E-state index contributed by atoms with van der Waals surface area (Å²) in [5, 5.41) is 15.5. The number of benzene rings is 1. The third-order valence-electron chi connectivity index (χ3n) is 3.93. The van der Waals surface area contributed by atoms with Crippen molar-refractivity contribution in [2.45, 2.75) is 31.0 Å². The molecular formula is C17H17N5O2S. The van der Waals surface area contributed by atoms with Crippen molar-refractivity contribution in [3.8, 4) is 11.3 Å². The van der Waals surface area contributed by atoms with Gasteiger partial charge in [-0.25, -0.2) is 0 Å². The molecule has 4 rings (SSSR count). The Morgan fingerprint density at radius 1 is 1.36 bits per heavy atom. The lowest BCUT2D eigenvalue weighted by molar-refractivity contribution is -0.113. The van der Waals surface area contributed by atoms with Gasteiger partial charge in [-0.3, -0.25) is 10.1 Å². The number of aromatic nitrogens is 4. The average Bonchev–Trinajstić information content (AvgIpc) is 3.16. The summed E-state index contributed by atoms with van der Waals surface area (Å²) in [6.45, 7) is 2.03. The van der Waals surface area contributed by atoms with E-state index in [1.165, 1.54) is 17.3 Å². The molecule has 1 N–H and O–H groups in total. The number of hydrogen-bond donors (Lipinski definition) is 1. The standard InChI is InChI=1S/C17H17N5O2S/c1-11-2-4-12(5-3-11)14-8-16(24-21-14)19-15(23)9-25-17-20-18-10-22(17)13-6-7-13/h2-5,8,10,13H,6-7,9H2,1H3,(H,19,23). The zero-order valence-corrected chi connectivity index (χ0v) is 14.5. The number of aryl methyl sites for hydroxylation is 1. The summed E-state index contributed by atoms with van der Waals surface area (Å²) < 4.78 is 7.23. The first-order chi connectivity index (χ1) is 12.2. The molecule has 0 bridgehead atoms. The molecule has 25 heavy (non-hydrogen) atoms. The van der Waals surface area contributed by atoms with E-state index >= 15 is 0 Å². The Kier molecular flexibility index (Phi) is 4.27. The van der Waals surface area contributed by atoms with Gasteiger partial charge in [-0.1, -0.05) is 46.7 Å². The van der Waals surface area contributed by atoms with E-state index < -0.39 is 0 Å². The molecule has 2 heterocycles. The first-order valence-electron chi connectivity index (χ1n) is 8.05. The van der Waals surface area contributed by atoms with E-state index in [1.807, 2.05) is 35.8 Å². The smallest absolute Gasteiger partial charge is 0.237 e. The lowest BCUT2D eigenvalue weighted by Gasteiger charge is -2.03. The van der Waals surface area contributed by atoms with Gasteiger partial charge >= 0.3 is 0 Å². The summed E-state index contributed by atoms with van der Waals surface area (Å²) in [6.07, 6.45) is 4.03. The van der Waals surface area contributed by atoms with Crippen molar-refractivity contribution in [1.29, 1.82) is 0 Å². The molecule has 0 radical (unpaired) electrons. The molecule has 2 aromatic heterocycles. The van der Waals surface area contributed by atoms with Crippen molar-refractivity contribution < 1.29 is 9.32 Å². The molecule has 0 aliphatic heterocycles. The minimum Gasteiger partial charge on any atom is -0.338 e. The van der Waals surface area contributed by atoms with Crippen LogP contribution in [0.3, 0.4) is 0 Å². The van der Waals surface area contributed by atoms with Gasteiger partial charge in [0.15, 0.2) is 5.16 Å². The number of anilines is 1. The average molecular weight is 355 g/mol. The summed E-state index contributed by atoms with van der Waals surface area (Å²) in [5.74, 6) is 0.415. The fourth-order valence-electron chi connectivity index (χ4n) is 2.44. The Labute approximate surface area is 148 Å². The number of carbonyl (C=O) groups excluding carboxylic acids is 1. The molecule has 1 saturated carbocycles. The summed E-state index contributed by atoms with van der Waals surface area (Å²) in [6, 6.07) is 10.2. The topological polar surface area (TPSA) is 85.8 Å². The molecule has 1 fully saturated rings. The summed E-state index contributed by atoms with van der Waals surface area (Å²) in [5.41, 5.74) is 2.81. The zero-order chi connectivity index (χ0) is 17.2. The van der Waals surface area contributed by atoms with E-state index in [0.29, 0.717) is 17.6 Å². The molecule has 0 saturated heterocycles. The molecule has 1 aromatic carbocycles. The highest BCUT2D eigenvalue weighted by Gasteiger charge is 2.26. The second-order valence-corrected chi connectivity index (χ2v) is 6.97. The molecule has 0 atom stereocenters. The molecule has 1 aliphatic carbocycles. The van der Waals surface area contributed by atoms with Crippen LogP contribution in [0.5, 0.6) is 0 Å². The first kappa shape index (κ1) is 15.9. The maximum absolute atomic E-state index is 12.1. The van der Waals surface area contributed by atoms with Crippen LogP contribution in [0.1, 0.15) is 24.4 Å². The van der Waals surface area contributed by atoms with Crippen LogP contribution in [0, 0.1) is 6.92 Å². The maximum Gasteiger partial charge on any atom is 0.237 e. The molecule has 3 aromatic rings. The van der Waals surface area contributed by atoms with Gasteiger partial charge in [0.05, 0.1) is 5.75 Å². The van der Waals surface area contributed by atoms with Crippen molar-refractivity contribution in [2.75, 3.05) is 11.1 Å². The van der Waals surface area contributed by atoms with E-state index in [1.54, 1.807) is 12.4 Å². The number of hydrogen-bond acceptors (Lipinski definition) is 6. The SMILES string of the molecule is Cc1ccc(-c2cc(NC(=O)CSc3nncn3C3CC3)on2)cc1. The van der Waals surface area contributed by atoms with E-state index in [0.717, 1.165) is 23.6 Å².